The van der Waals surface area contributed by atoms with E-state index in [-0.39, 0.29) is 11.0 Å². The number of H-pyrrole nitrogens is 3. The Balaban J connectivity index is 3.01. The van der Waals surface area contributed by atoms with Crippen molar-refractivity contribution in [2.45, 2.75) is 0 Å². The van der Waals surface area contributed by atoms with E-state index in [4.69, 9.17) is 5.11 Å². The summed E-state index contributed by atoms with van der Waals surface area (Å²) in [4.78, 5) is 35.5. The summed E-state index contributed by atoms with van der Waals surface area (Å²) in [6.07, 6.45) is 1.04. The molecule has 0 atom stereocenters. The summed E-state index contributed by atoms with van der Waals surface area (Å²) < 4.78 is 0. The lowest BCUT2D eigenvalue weighted by Gasteiger charge is -1.92. The second kappa shape index (κ2) is 2.59. The topological polar surface area (TPSA) is 119 Å². The Labute approximate surface area is 75.4 Å². The molecule has 0 amide bonds. The van der Waals surface area contributed by atoms with Crippen LogP contribution in [0.4, 0.5) is 0 Å². The average molecular weight is 195 g/mol. The molecule has 0 aromatic carbocycles. The van der Waals surface area contributed by atoms with Gasteiger partial charge in [-0.2, -0.15) is 0 Å². The molecule has 2 heterocycles. The number of aromatic amines is 3. The zero-order chi connectivity index (χ0) is 10.3. The van der Waals surface area contributed by atoms with Crippen LogP contribution in [-0.2, 0) is 0 Å². The monoisotopic (exact) mass is 195 g/mol. The fourth-order valence-electron chi connectivity index (χ4n) is 1.19. The van der Waals surface area contributed by atoms with Crippen molar-refractivity contribution in [3.05, 3.63) is 32.3 Å². The Morgan fingerprint density at radius 3 is 2.64 bits per heavy atom. The van der Waals surface area contributed by atoms with Crippen molar-refractivity contribution in [2.24, 2.45) is 0 Å². The van der Waals surface area contributed by atoms with E-state index in [1.165, 1.54) is 0 Å². The van der Waals surface area contributed by atoms with Gasteiger partial charge in [-0.3, -0.25) is 19.8 Å². The van der Waals surface area contributed by atoms with E-state index in [1.807, 2.05) is 0 Å². The predicted molar refractivity (Wildman–Crippen MR) is 46.5 cm³/mol. The van der Waals surface area contributed by atoms with Crippen molar-refractivity contribution in [1.82, 2.24) is 15.2 Å². The van der Waals surface area contributed by atoms with Gasteiger partial charge in [0.2, 0.25) is 5.43 Å². The lowest BCUT2D eigenvalue weighted by molar-refractivity contribution is 0.0695. The molecule has 0 spiro atoms. The first-order valence-corrected chi connectivity index (χ1v) is 3.66. The standard InChI is InChI=1S/C7H5N3O4/c11-4-2(7(13)14)1-8-5-3(4)6(12)10-9-5/h1H,(H,13,14)(H3,8,9,10,11,12). The number of carbonyl (C=O) groups is 1. The largest absolute Gasteiger partial charge is 0.477 e. The van der Waals surface area contributed by atoms with Gasteiger partial charge in [0.1, 0.15) is 16.6 Å². The van der Waals surface area contributed by atoms with Gasteiger partial charge in [0.15, 0.2) is 0 Å². The van der Waals surface area contributed by atoms with Crippen molar-refractivity contribution in [3.8, 4) is 0 Å². The molecule has 0 fully saturated rings. The van der Waals surface area contributed by atoms with Crippen LogP contribution >= 0.6 is 0 Å². The van der Waals surface area contributed by atoms with Gasteiger partial charge in [-0.1, -0.05) is 0 Å². The third-order valence-electron chi connectivity index (χ3n) is 1.84. The van der Waals surface area contributed by atoms with Crippen molar-refractivity contribution in [1.29, 1.82) is 0 Å². The first kappa shape index (κ1) is 8.30. The highest BCUT2D eigenvalue weighted by molar-refractivity contribution is 5.91. The Kier molecular flexibility index (Phi) is 1.53. The Morgan fingerprint density at radius 2 is 2.00 bits per heavy atom. The zero-order valence-corrected chi connectivity index (χ0v) is 6.75. The second-order valence-corrected chi connectivity index (χ2v) is 2.67. The summed E-state index contributed by atoms with van der Waals surface area (Å²) in [6.45, 7) is 0. The first-order chi connectivity index (χ1) is 6.61. The van der Waals surface area contributed by atoms with Crippen molar-refractivity contribution in [2.75, 3.05) is 0 Å². The molecule has 2 rings (SSSR count). The van der Waals surface area contributed by atoms with Crippen LogP contribution in [0.25, 0.3) is 11.0 Å². The van der Waals surface area contributed by atoms with Crippen LogP contribution in [0.2, 0.25) is 0 Å². The van der Waals surface area contributed by atoms with Gasteiger partial charge in [-0.25, -0.2) is 4.79 Å². The van der Waals surface area contributed by atoms with Crippen molar-refractivity contribution in [3.63, 3.8) is 0 Å². The highest BCUT2D eigenvalue weighted by Gasteiger charge is 2.14. The molecule has 0 bridgehead atoms. The quantitative estimate of drug-likeness (QED) is 0.478. The van der Waals surface area contributed by atoms with E-state index < -0.39 is 22.5 Å². The number of nitrogens with one attached hydrogen (secondary N) is 3. The lowest BCUT2D eigenvalue weighted by atomic mass is 10.2. The summed E-state index contributed by atoms with van der Waals surface area (Å²) in [5.74, 6) is -1.37. The minimum Gasteiger partial charge on any atom is -0.477 e. The maximum atomic E-state index is 11.4. The molecular weight excluding hydrogens is 190 g/mol. The minimum atomic E-state index is -1.37. The van der Waals surface area contributed by atoms with Gasteiger partial charge in [0.05, 0.1) is 0 Å². The fourth-order valence-corrected chi connectivity index (χ4v) is 1.19. The summed E-state index contributed by atoms with van der Waals surface area (Å²) in [5.41, 5.74) is -1.70. The summed E-state index contributed by atoms with van der Waals surface area (Å²) >= 11 is 0. The number of aromatic nitrogens is 3. The summed E-state index contributed by atoms with van der Waals surface area (Å²) in [6, 6.07) is 0. The fraction of sp³-hybridized carbons (Fsp3) is 0. The lowest BCUT2D eigenvalue weighted by Crippen LogP contribution is -2.19. The van der Waals surface area contributed by atoms with E-state index in [0.717, 1.165) is 6.20 Å². The SMILES string of the molecule is O=C(O)c1c[nH]c2[nH][nH]c(=O)c2c1=O. The Bertz CT molecular complexity index is 618. The van der Waals surface area contributed by atoms with E-state index in [9.17, 15) is 14.4 Å². The highest BCUT2D eigenvalue weighted by Crippen LogP contribution is 1.98. The van der Waals surface area contributed by atoms with Gasteiger partial charge in [-0.15, -0.1) is 0 Å². The summed E-state index contributed by atoms with van der Waals surface area (Å²) in [5, 5.41) is 13.0. The van der Waals surface area contributed by atoms with Crippen LogP contribution in [-0.4, -0.2) is 26.3 Å². The average Bonchev–Trinajstić information content (AvgIpc) is 2.48. The third-order valence-corrected chi connectivity index (χ3v) is 1.84. The molecule has 0 aliphatic carbocycles. The Hall–Kier alpha value is -2.31. The molecule has 2 aromatic rings. The molecule has 7 nitrogen and oxygen atoms in total. The molecule has 0 radical (unpaired) electrons. The van der Waals surface area contributed by atoms with Crippen molar-refractivity contribution < 1.29 is 9.90 Å². The van der Waals surface area contributed by atoms with Gasteiger partial charge in [0.25, 0.3) is 5.56 Å². The zero-order valence-electron chi connectivity index (χ0n) is 6.75. The van der Waals surface area contributed by atoms with Crippen LogP contribution in [0, 0.1) is 0 Å². The summed E-state index contributed by atoms with van der Waals surface area (Å²) in [7, 11) is 0. The van der Waals surface area contributed by atoms with E-state index >= 15 is 0 Å². The predicted octanol–water partition coefficient (Wildman–Crippen LogP) is -0.757. The molecule has 4 N–H and O–H groups in total. The molecule has 0 aliphatic rings. The molecule has 0 aliphatic heterocycles. The maximum Gasteiger partial charge on any atom is 0.341 e. The molecule has 7 heteroatoms. The van der Waals surface area contributed by atoms with Gasteiger partial charge >= 0.3 is 5.97 Å². The molecular formula is C7H5N3O4. The molecule has 0 saturated carbocycles. The van der Waals surface area contributed by atoms with E-state index in [2.05, 4.69) is 15.2 Å². The van der Waals surface area contributed by atoms with Crippen LogP contribution in [0.15, 0.2) is 15.8 Å². The number of pyridine rings is 1. The minimum absolute atomic E-state index is 0.185. The first-order valence-electron chi connectivity index (χ1n) is 3.66. The number of hydrogen-bond acceptors (Lipinski definition) is 3. The van der Waals surface area contributed by atoms with Gasteiger partial charge in [0, 0.05) is 6.20 Å². The third kappa shape index (κ3) is 0.954. The van der Waals surface area contributed by atoms with Gasteiger partial charge < -0.3 is 10.1 Å². The van der Waals surface area contributed by atoms with Crippen LogP contribution < -0.4 is 11.0 Å². The normalized spacial score (nSPS) is 10.6. The molecule has 72 valence electrons. The number of carboxylic acid groups (broad SMARTS) is 1. The highest BCUT2D eigenvalue weighted by atomic mass is 16.4. The van der Waals surface area contributed by atoms with Gasteiger partial charge in [-0.05, 0) is 0 Å². The number of aromatic carboxylic acids is 1. The number of hydrogen-bond donors (Lipinski definition) is 4. The van der Waals surface area contributed by atoms with Crippen LogP contribution in [0.1, 0.15) is 10.4 Å². The number of carboxylic acids is 1. The molecule has 2 aromatic heterocycles. The number of rotatable bonds is 1. The molecule has 14 heavy (non-hydrogen) atoms. The molecule has 0 saturated heterocycles. The van der Waals surface area contributed by atoms with E-state index in [0.29, 0.717) is 0 Å². The maximum absolute atomic E-state index is 11.4. The van der Waals surface area contributed by atoms with Crippen molar-refractivity contribution >= 4 is 17.0 Å². The second-order valence-electron chi connectivity index (χ2n) is 2.67. The Morgan fingerprint density at radius 1 is 1.29 bits per heavy atom. The molecule has 0 unspecified atom stereocenters. The van der Waals surface area contributed by atoms with Crippen LogP contribution in [0.3, 0.4) is 0 Å². The van der Waals surface area contributed by atoms with Crippen LogP contribution in [0.5, 0.6) is 0 Å². The van der Waals surface area contributed by atoms with E-state index in [1.54, 1.807) is 0 Å². The smallest absolute Gasteiger partial charge is 0.341 e. The number of fused-ring (bicyclic) bond motifs is 1.